The van der Waals surface area contributed by atoms with E-state index in [1.165, 1.54) is 17.7 Å². The highest BCUT2D eigenvalue weighted by Crippen LogP contribution is 2.20. The lowest BCUT2D eigenvalue weighted by molar-refractivity contribution is -0.137. The van der Waals surface area contributed by atoms with Crippen LogP contribution in [-0.4, -0.2) is 53.6 Å². The van der Waals surface area contributed by atoms with E-state index in [1.54, 1.807) is 7.05 Å². The van der Waals surface area contributed by atoms with Crippen molar-refractivity contribution in [3.63, 3.8) is 0 Å². The Morgan fingerprint density at radius 3 is 2.67 bits per heavy atom. The Bertz CT molecular complexity index is 294. The number of hydrogen-bond acceptors (Lipinski definition) is 2. The molecule has 1 rings (SSSR count). The van der Waals surface area contributed by atoms with Gasteiger partial charge in [0, 0.05) is 26.7 Å². The van der Waals surface area contributed by atoms with Crippen LogP contribution in [0.25, 0.3) is 0 Å². The molecule has 1 heterocycles. The molecule has 2 amide bonds. The van der Waals surface area contributed by atoms with Gasteiger partial charge < -0.3 is 14.9 Å². The molecular weight excluding hydrogens is 232 g/mol. The zero-order valence-electron chi connectivity index (χ0n) is 11.4. The Labute approximate surface area is 109 Å². The minimum absolute atomic E-state index is 0.00760. The first-order valence-electron chi connectivity index (χ1n) is 6.76. The Kier molecular flexibility index (Phi) is 5.95. The third-order valence-corrected chi connectivity index (χ3v) is 3.68. The molecule has 1 saturated heterocycles. The largest absolute Gasteiger partial charge is 0.481 e. The lowest BCUT2D eigenvalue weighted by Crippen LogP contribution is -2.42. The van der Waals surface area contributed by atoms with Crippen molar-refractivity contribution in [3.8, 4) is 0 Å². The number of carbonyl (C=O) groups excluding carboxylic acids is 1. The average molecular weight is 256 g/mol. The van der Waals surface area contributed by atoms with Crippen LogP contribution in [0, 0.1) is 5.92 Å². The van der Waals surface area contributed by atoms with E-state index in [4.69, 9.17) is 5.11 Å². The molecule has 1 unspecified atom stereocenters. The number of amides is 2. The summed E-state index contributed by atoms with van der Waals surface area (Å²) in [7, 11) is 1.67. The number of carboxylic acid groups (broad SMARTS) is 1. The Hall–Kier alpha value is -1.26. The second-order valence-electron chi connectivity index (χ2n) is 5.04. The third-order valence-electron chi connectivity index (χ3n) is 3.68. The number of carboxylic acids is 1. The summed E-state index contributed by atoms with van der Waals surface area (Å²) in [5, 5.41) is 8.61. The fourth-order valence-electron chi connectivity index (χ4n) is 2.37. The van der Waals surface area contributed by atoms with Crippen LogP contribution in [0.5, 0.6) is 0 Å². The summed E-state index contributed by atoms with van der Waals surface area (Å²) in [6.07, 6.45) is 4.50. The summed E-state index contributed by atoms with van der Waals surface area (Å²) >= 11 is 0. The van der Waals surface area contributed by atoms with Crippen molar-refractivity contribution in [1.29, 1.82) is 0 Å². The molecule has 0 saturated carbocycles. The lowest BCUT2D eigenvalue weighted by Gasteiger charge is -2.26. The number of nitrogens with zero attached hydrogens (tertiary/aromatic N) is 2. The summed E-state index contributed by atoms with van der Waals surface area (Å²) in [6.45, 7) is 4.07. The summed E-state index contributed by atoms with van der Waals surface area (Å²) in [5.41, 5.74) is 0. The van der Waals surface area contributed by atoms with Crippen LogP contribution in [0.4, 0.5) is 4.79 Å². The maximum absolute atomic E-state index is 12.1. The van der Waals surface area contributed by atoms with E-state index in [2.05, 4.69) is 6.92 Å². The molecule has 0 radical (unpaired) electrons. The van der Waals surface area contributed by atoms with Gasteiger partial charge in [-0.25, -0.2) is 4.79 Å². The molecular formula is C13H24N2O3. The molecule has 0 aliphatic carbocycles. The molecule has 104 valence electrons. The van der Waals surface area contributed by atoms with E-state index in [-0.39, 0.29) is 19.0 Å². The average Bonchev–Trinajstić information content (AvgIpc) is 2.60. The van der Waals surface area contributed by atoms with E-state index >= 15 is 0 Å². The van der Waals surface area contributed by atoms with Gasteiger partial charge in [-0.3, -0.25) is 4.79 Å². The molecule has 1 atom stereocenters. The van der Waals surface area contributed by atoms with E-state index < -0.39 is 5.97 Å². The predicted molar refractivity (Wildman–Crippen MR) is 69.5 cm³/mol. The Morgan fingerprint density at radius 1 is 1.33 bits per heavy atom. The fourth-order valence-corrected chi connectivity index (χ4v) is 2.37. The number of aliphatic carboxylic acids is 1. The van der Waals surface area contributed by atoms with Gasteiger partial charge in [0.2, 0.25) is 0 Å². The molecule has 5 nitrogen and oxygen atoms in total. The molecule has 0 aromatic rings. The van der Waals surface area contributed by atoms with Crippen LogP contribution in [-0.2, 0) is 4.79 Å². The van der Waals surface area contributed by atoms with E-state index in [0.29, 0.717) is 0 Å². The molecule has 0 aromatic heterocycles. The molecule has 1 aliphatic rings. The smallest absolute Gasteiger partial charge is 0.319 e. The number of rotatable bonds is 4. The quantitative estimate of drug-likeness (QED) is 0.837. The van der Waals surface area contributed by atoms with Crippen molar-refractivity contribution in [1.82, 2.24) is 9.80 Å². The second kappa shape index (κ2) is 7.24. The monoisotopic (exact) mass is 256 g/mol. The van der Waals surface area contributed by atoms with Gasteiger partial charge in [0.1, 0.15) is 0 Å². The number of hydrogen-bond donors (Lipinski definition) is 1. The van der Waals surface area contributed by atoms with Gasteiger partial charge in [-0.05, 0) is 25.2 Å². The minimum Gasteiger partial charge on any atom is -0.481 e. The van der Waals surface area contributed by atoms with Crippen molar-refractivity contribution >= 4 is 12.0 Å². The summed E-state index contributed by atoms with van der Waals surface area (Å²) < 4.78 is 0. The summed E-state index contributed by atoms with van der Waals surface area (Å²) in [5.74, 6) is -0.135. The molecule has 18 heavy (non-hydrogen) atoms. The zero-order chi connectivity index (χ0) is 13.5. The van der Waals surface area contributed by atoms with Crippen molar-refractivity contribution in [2.45, 2.75) is 39.0 Å². The van der Waals surface area contributed by atoms with Crippen LogP contribution in [0.3, 0.4) is 0 Å². The molecule has 1 fully saturated rings. The third kappa shape index (κ3) is 4.55. The highest BCUT2D eigenvalue weighted by molar-refractivity contribution is 5.75. The van der Waals surface area contributed by atoms with E-state index in [9.17, 15) is 9.59 Å². The minimum atomic E-state index is -0.864. The molecule has 5 heteroatoms. The van der Waals surface area contributed by atoms with E-state index in [0.717, 1.165) is 31.8 Å². The number of likely N-dealkylation sites (tertiary alicyclic amines) is 1. The Balaban J connectivity index is 2.42. The maximum Gasteiger partial charge on any atom is 0.319 e. The topological polar surface area (TPSA) is 60.9 Å². The first-order valence-corrected chi connectivity index (χ1v) is 6.76. The highest BCUT2D eigenvalue weighted by atomic mass is 16.4. The molecule has 1 N–H and O–H groups in total. The fraction of sp³-hybridized carbons (Fsp3) is 0.846. The van der Waals surface area contributed by atoms with Crippen molar-refractivity contribution in [3.05, 3.63) is 0 Å². The standard InChI is InChI=1S/C13H24N2O3/c1-3-11-5-4-8-15(10-6-11)13(18)14(2)9-7-12(16)17/h11H,3-10H2,1-2H3,(H,16,17). The zero-order valence-corrected chi connectivity index (χ0v) is 11.4. The first-order chi connectivity index (χ1) is 8.54. The summed E-state index contributed by atoms with van der Waals surface area (Å²) in [6, 6.07) is -0.0343. The molecule has 1 aliphatic heterocycles. The van der Waals surface area contributed by atoms with Crippen LogP contribution in [0.15, 0.2) is 0 Å². The Morgan fingerprint density at radius 2 is 2.06 bits per heavy atom. The van der Waals surface area contributed by atoms with Crippen LogP contribution >= 0.6 is 0 Å². The van der Waals surface area contributed by atoms with Crippen molar-refractivity contribution in [2.24, 2.45) is 5.92 Å². The lowest BCUT2D eigenvalue weighted by atomic mass is 9.98. The van der Waals surface area contributed by atoms with Gasteiger partial charge in [-0.2, -0.15) is 0 Å². The number of urea groups is 1. The number of carbonyl (C=O) groups is 2. The highest BCUT2D eigenvalue weighted by Gasteiger charge is 2.22. The molecule has 0 aromatic carbocycles. The van der Waals surface area contributed by atoms with E-state index in [1.807, 2.05) is 4.90 Å². The van der Waals surface area contributed by atoms with Crippen LogP contribution in [0.1, 0.15) is 39.0 Å². The van der Waals surface area contributed by atoms with Crippen LogP contribution in [0.2, 0.25) is 0 Å². The van der Waals surface area contributed by atoms with Crippen LogP contribution < -0.4 is 0 Å². The molecule has 0 bridgehead atoms. The van der Waals surface area contributed by atoms with Gasteiger partial charge >= 0.3 is 12.0 Å². The van der Waals surface area contributed by atoms with Gasteiger partial charge in [0.05, 0.1) is 6.42 Å². The van der Waals surface area contributed by atoms with Gasteiger partial charge in [-0.1, -0.05) is 13.3 Å². The SMILES string of the molecule is CCC1CCCN(C(=O)N(C)CCC(=O)O)CC1. The van der Waals surface area contributed by atoms with Gasteiger partial charge in [0.25, 0.3) is 0 Å². The van der Waals surface area contributed by atoms with Crippen molar-refractivity contribution in [2.75, 3.05) is 26.7 Å². The second-order valence-corrected chi connectivity index (χ2v) is 5.04. The maximum atomic E-state index is 12.1. The predicted octanol–water partition coefficient (Wildman–Crippen LogP) is 2.03. The normalized spacial score (nSPS) is 20.3. The summed E-state index contributed by atoms with van der Waals surface area (Å²) in [4.78, 5) is 26.0. The van der Waals surface area contributed by atoms with Crippen molar-refractivity contribution < 1.29 is 14.7 Å². The van der Waals surface area contributed by atoms with Gasteiger partial charge in [-0.15, -0.1) is 0 Å². The molecule has 0 spiro atoms. The first kappa shape index (κ1) is 14.8. The van der Waals surface area contributed by atoms with Gasteiger partial charge in [0.15, 0.2) is 0 Å².